The van der Waals surface area contributed by atoms with Gasteiger partial charge in [0, 0.05) is 4.47 Å². The molecule has 0 spiro atoms. The van der Waals surface area contributed by atoms with Crippen LogP contribution in [-0.2, 0) is 16.8 Å². The summed E-state index contributed by atoms with van der Waals surface area (Å²) >= 11 is 3.34. The maximum Gasteiger partial charge on any atom is 0.232 e. The van der Waals surface area contributed by atoms with Crippen molar-refractivity contribution in [2.24, 2.45) is 0 Å². The van der Waals surface area contributed by atoms with Crippen LogP contribution in [0.5, 0.6) is 5.75 Å². The van der Waals surface area contributed by atoms with Crippen LogP contribution in [0, 0.1) is 0 Å². The predicted octanol–water partition coefficient (Wildman–Crippen LogP) is 2.44. The summed E-state index contributed by atoms with van der Waals surface area (Å²) in [6.07, 6.45) is 3.02. The normalized spacial score (nSPS) is 11.3. The van der Waals surface area contributed by atoms with E-state index in [1.807, 2.05) is 24.3 Å². The van der Waals surface area contributed by atoms with E-state index in [4.69, 9.17) is 4.74 Å². The minimum absolute atomic E-state index is 0.0214. The van der Waals surface area contributed by atoms with Crippen molar-refractivity contribution >= 4 is 31.6 Å². The first-order valence-corrected chi connectivity index (χ1v) is 8.34. The highest BCUT2D eigenvalue weighted by atomic mass is 79.9. The van der Waals surface area contributed by atoms with E-state index in [1.54, 1.807) is 13.1 Å². The molecule has 1 aromatic heterocycles. The van der Waals surface area contributed by atoms with E-state index in [-0.39, 0.29) is 12.5 Å². The molecule has 0 radical (unpaired) electrons. The van der Waals surface area contributed by atoms with Gasteiger partial charge in [0.05, 0.1) is 23.8 Å². The predicted molar refractivity (Wildman–Crippen MR) is 80.1 cm³/mol. The lowest BCUT2D eigenvalue weighted by Gasteiger charge is -2.06. The van der Waals surface area contributed by atoms with Crippen LogP contribution in [0.15, 0.2) is 41.1 Å². The van der Waals surface area contributed by atoms with Crippen LogP contribution in [0.25, 0.3) is 0 Å². The Kier molecular flexibility index (Phi) is 4.66. The number of nitrogens with one attached hydrogen (secondary N) is 1. The second-order valence-corrected chi connectivity index (χ2v) is 6.93. The van der Waals surface area contributed by atoms with Gasteiger partial charge in [0.1, 0.15) is 5.75 Å². The topological polar surface area (TPSA) is 73.2 Å². The van der Waals surface area contributed by atoms with Gasteiger partial charge in [-0.05, 0) is 31.2 Å². The first-order valence-electron chi connectivity index (χ1n) is 5.90. The molecule has 0 amide bonds. The SMILES string of the molecule is CCS(=O)(=O)Nc1cnn(COc2ccc(Br)cc2)c1. The van der Waals surface area contributed by atoms with E-state index >= 15 is 0 Å². The van der Waals surface area contributed by atoms with Crippen LogP contribution in [-0.4, -0.2) is 24.0 Å². The number of sulfonamides is 1. The van der Waals surface area contributed by atoms with Crippen molar-refractivity contribution in [1.82, 2.24) is 9.78 Å². The highest BCUT2D eigenvalue weighted by Crippen LogP contribution is 2.16. The summed E-state index contributed by atoms with van der Waals surface area (Å²) in [5, 5.41) is 4.02. The lowest BCUT2D eigenvalue weighted by atomic mass is 10.3. The van der Waals surface area contributed by atoms with E-state index < -0.39 is 10.0 Å². The molecule has 108 valence electrons. The Morgan fingerprint density at radius 1 is 1.35 bits per heavy atom. The van der Waals surface area contributed by atoms with Crippen LogP contribution < -0.4 is 9.46 Å². The van der Waals surface area contributed by atoms with Gasteiger partial charge in [-0.1, -0.05) is 15.9 Å². The average molecular weight is 360 g/mol. The third kappa shape index (κ3) is 4.24. The smallest absolute Gasteiger partial charge is 0.232 e. The van der Waals surface area contributed by atoms with Crippen molar-refractivity contribution in [1.29, 1.82) is 0 Å². The molecule has 1 aromatic carbocycles. The summed E-state index contributed by atoms with van der Waals surface area (Å²) in [6.45, 7) is 1.78. The zero-order valence-electron chi connectivity index (χ0n) is 10.8. The fraction of sp³-hybridized carbons (Fsp3) is 0.250. The van der Waals surface area contributed by atoms with Crippen molar-refractivity contribution in [2.75, 3.05) is 10.5 Å². The molecule has 0 saturated carbocycles. The third-order valence-electron chi connectivity index (χ3n) is 2.46. The molecule has 0 unspecified atom stereocenters. The molecule has 1 N–H and O–H groups in total. The number of hydrogen-bond acceptors (Lipinski definition) is 4. The Bertz CT molecular complexity index is 668. The van der Waals surface area contributed by atoms with E-state index in [1.165, 1.54) is 10.9 Å². The van der Waals surface area contributed by atoms with Crippen LogP contribution in [0.2, 0.25) is 0 Å². The number of nitrogens with zero attached hydrogens (tertiary/aromatic N) is 2. The Morgan fingerprint density at radius 3 is 2.70 bits per heavy atom. The number of rotatable bonds is 6. The van der Waals surface area contributed by atoms with Gasteiger partial charge in [-0.3, -0.25) is 4.72 Å². The molecule has 0 aliphatic carbocycles. The lowest BCUT2D eigenvalue weighted by molar-refractivity contribution is 0.221. The molecular weight excluding hydrogens is 346 g/mol. The highest BCUT2D eigenvalue weighted by molar-refractivity contribution is 9.10. The second-order valence-electron chi connectivity index (χ2n) is 4.00. The lowest BCUT2D eigenvalue weighted by Crippen LogP contribution is -2.14. The number of aromatic nitrogens is 2. The zero-order chi connectivity index (χ0) is 14.6. The molecule has 0 aliphatic heterocycles. The molecule has 6 nitrogen and oxygen atoms in total. The molecule has 2 rings (SSSR count). The Labute approximate surface area is 125 Å². The fourth-order valence-electron chi connectivity index (χ4n) is 1.41. The molecule has 20 heavy (non-hydrogen) atoms. The first kappa shape index (κ1) is 14.9. The van der Waals surface area contributed by atoms with Crippen molar-refractivity contribution in [3.8, 4) is 5.75 Å². The Balaban J connectivity index is 1.94. The number of hydrogen-bond donors (Lipinski definition) is 1. The van der Waals surface area contributed by atoms with Crippen LogP contribution >= 0.6 is 15.9 Å². The van der Waals surface area contributed by atoms with E-state index in [2.05, 4.69) is 25.8 Å². The van der Waals surface area contributed by atoms with Gasteiger partial charge in [-0.2, -0.15) is 5.10 Å². The van der Waals surface area contributed by atoms with Crippen LogP contribution in [0.1, 0.15) is 6.92 Å². The number of anilines is 1. The van der Waals surface area contributed by atoms with E-state index in [0.717, 1.165) is 4.47 Å². The summed E-state index contributed by atoms with van der Waals surface area (Å²) in [5.74, 6) is 0.729. The summed E-state index contributed by atoms with van der Waals surface area (Å²) in [6, 6.07) is 7.40. The monoisotopic (exact) mass is 359 g/mol. The molecule has 8 heteroatoms. The summed E-state index contributed by atoms with van der Waals surface area (Å²) in [4.78, 5) is 0. The minimum Gasteiger partial charge on any atom is -0.471 e. The van der Waals surface area contributed by atoms with Gasteiger partial charge in [0.2, 0.25) is 10.0 Å². The molecule has 0 aliphatic rings. The van der Waals surface area contributed by atoms with Gasteiger partial charge in [-0.15, -0.1) is 0 Å². The Morgan fingerprint density at radius 2 is 2.05 bits per heavy atom. The van der Waals surface area contributed by atoms with Crippen LogP contribution in [0.4, 0.5) is 5.69 Å². The molecule has 0 fully saturated rings. The van der Waals surface area contributed by atoms with Crippen molar-refractivity contribution in [2.45, 2.75) is 13.7 Å². The number of ether oxygens (including phenoxy) is 1. The highest BCUT2D eigenvalue weighted by Gasteiger charge is 2.08. The molecule has 1 heterocycles. The molecule has 0 saturated heterocycles. The summed E-state index contributed by atoms with van der Waals surface area (Å²) < 4.78 is 33.2. The maximum atomic E-state index is 11.4. The summed E-state index contributed by atoms with van der Waals surface area (Å²) in [5.41, 5.74) is 0.422. The van der Waals surface area contributed by atoms with Gasteiger partial charge >= 0.3 is 0 Å². The van der Waals surface area contributed by atoms with Gasteiger partial charge < -0.3 is 4.74 Å². The van der Waals surface area contributed by atoms with Crippen molar-refractivity contribution in [3.63, 3.8) is 0 Å². The van der Waals surface area contributed by atoms with E-state index in [9.17, 15) is 8.42 Å². The summed E-state index contributed by atoms with van der Waals surface area (Å²) in [7, 11) is -3.28. The standard InChI is InChI=1S/C12H14BrN3O3S/c1-2-20(17,18)15-11-7-14-16(8-11)9-19-12-5-3-10(13)4-6-12/h3-8,15H,2,9H2,1H3. The largest absolute Gasteiger partial charge is 0.471 e. The number of halogens is 1. The van der Waals surface area contributed by atoms with Crippen LogP contribution in [0.3, 0.4) is 0 Å². The first-order chi connectivity index (χ1) is 9.48. The van der Waals surface area contributed by atoms with E-state index in [0.29, 0.717) is 11.4 Å². The minimum atomic E-state index is -3.28. The fourth-order valence-corrected chi connectivity index (χ4v) is 2.28. The van der Waals surface area contributed by atoms with Crippen molar-refractivity contribution < 1.29 is 13.2 Å². The van der Waals surface area contributed by atoms with Crippen molar-refractivity contribution in [3.05, 3.63) is 41.1 Å². The third-order valence-corrected chi connectivity index (χ3v) is 4.30. The average Bonchev–Trinajstić information content (AvgIpc) is 2.85. The molecular formula is C12H14BrN3O3S. The van der Waals surface area contributed by atoms with Gasteiger partial charge in [0.25, 0.3) is 0 Å². The maximum absolute atomic E-state index is 11.4. The zero-order valence-corrected chi connectivity index (χ0v) is 13.2. The Hall–Kier alpha value is -1.54. The molecule has 2 aromatic rings. The molecule has 0 bridgehead atoms. The molecule has 0 atom stereocenters. The number of benzene rings is 1. The quantitative estimate of drug-likeness (QED) is 0.859. The second kappa shape index (κ2) is 6.27. The van der Waals surface area contributed by atoms with Gasteiger partial charge in [0.15, 0.2) is 6.73 Å². The van der Waals surface area contributed by atoms with Gasteiger partial charge in [-0.25, -0.2) is 13.1 Å².